The first-order valence-electron chi connectivity index (χ1n) is 8.68. The molecule has 0 saturated carbocycles. The van der Waals surface area contributed by atoms with E-state index in [1.165, 1.54) is 17.2 Å². The number of carbonyl (C=O) groups excluding carboxylic acids is 3. The Kier molecular flexibility index (Phi) is 4.58. The van der Waals surface area contributed by atoms with E-state index in [-0.39, 0.29) is 36.1 Å². The topological polar surface area (TPSA) is 70.8 Å². The molecule has 0 N–H and O–H groups in total. The third kappa shape index (κ3) is 3.06. The highest BCUT2D eigenvalue weighted by Crippen LogP contribution is 2.36. The Morgan fingerprint density at radius 2 is 1.74 bits per heavy atom. The van der Waals surface area contributed by atoms with Gasteiger partial charge in [0.25, 0.3) is 5.91 Å². The van der Waals surface area contributed by atoms with Gasteiger partial charge in [0.1, 0.15) is 6.67 Å². The SMILES string of the molecule is O=C1[C@H]2CC=CC[C@H]2C(=O)N1CN(C(=O)c1ccco1)c1ccccc1Cl. The van der Waals surface area contributed by atoms with Gasteiger partial charge in [-0.25, -0.2) is 0 Å². The number of halogens is 1. The molecule has 0 bridgehead atoms. The molecule has 1 aliphatic carbocycles. The molecule has 1 saturated heterocycles. The standard InChI is InChI=1S/C20H17ClN2O4/c21-15-8-3-4-9-16(15)22(20(26)17-10-5-11-27-17)12-23-18(24)13-6-1-2-7-14(13)19(23)25/h1-5,8-11,13-14H,6-7,12H2/t13-,14+. The first-order chi connectivity index (χ1) is 13.1. The largest absolute Gasteiger partial charge is 0.459 e. The minimum atomic E-state index is -0.471. The van der Waals surface area contributed by atoms with E-state index in [4.69, 9.17) is 16.0 Å². The lowest BCUT2D eigenvalue weighted by atomic mass is 9.85. The molecule has 1 aliphatic heterocycles. The Labute approximate surface area is 161 Å². The summed E-state index contributed by atoms with van der Waals surface area (Å²) in [5.74, 6) is -1.57. The summed E-state index contributed by atoms with van der Waals surface area (Å²) < 4.78 is 5.22. The van der Waals surface area contributed by atoms with Gasteiger partial charge < -0.3 is 4.42 Å². The smallest absolute Gasteiger partial charge is 0.295 e. The first kappa shape index (κ1) is 17.5. The van der Waals surface area contributed by atoms with Crippen molar-refractivity contribution in [2.24, 2.45) is 11.8 Å². The monoisotopic (exact) mass is 384 g/mol. The fourth-order valence-electron chi connectivity index (χ4n) is 3.60. The van der Waals surface area contributed by atoms with Crippen LogP contribution in [-0.2, 0) is 9.59 Å². The summed E-state index contributed by atoms with van der Waals surface area (Å²) in [6.45, 7) is -0.200. The quantitative estimate of drug-likeness (QED) is 0.597. The second-order valence-corrected chi connectivity index (χ2v) is 6.97. The van der Waals surface area contributed by atoms with Crippen LogP contribution in [0.25, 0.3) is 0 Å². The normalized spacial score (nSPS) is 21.4. The van der Waals surface area contributed by atoms with Gasteiger partial charge >= 0.3 is 0 Å². The van der Waals surface area contributed by atoms with Gasteiger partial charge in [-0.05, 0) is 37.1 Å². The van der Waals surface area contributed by atoms with Gasteiger partial charge in [0, 0.05) is 0 Å². The molecule has 2 heterocycles. The molecule has 0 unspecified atom stereocenters. The number of amides is 3. The lowest BCUT2D eigenvalue weighted by molar-refractivity contribution is -0.139. The number of allylic oxidation sites excluding steroid dienone is 2. The summed E-state index contributed by atoms with van der Waals surface area (Å²) in [6.07, 6.45) is 6.34. The molecule has 0 spiro atoms. The van der Waals surface area contributed by atoms with Crippen molar-refractivity contribution in [1.82, 2.24) is 4.90 Å². The maximum atomic E-state index is 13.0. The minimum Gasteiger partial charge on any atom is -0.459 e. The Balaban J connectivity index is 1.68. The summed E-state index contributed by atoms with van der Waals surface area (Å²) >= 11 is 6.28. The van der Waals surface area contributed by atoms with Gasteiger partial charge in [0.2, 0.25) is 11.8 Å². The van der Waals surface area contributed by atoms with Crippen molar-refractivity contribution in [3.05, 3.63) is 65.6 Å². The van der Waals surface area contributed by atoms with Crippen molar-refractivity contribution in [1.29, 1.82) is 0 Å². The molecule has 4 rings (SSSR count). The van der Waals surface area contributed by atoms with Crippen LogP contribution in [0, 0.1) is 11.8 Å². The Hall–Kier alpha value is -2.86. The number of likely N-dealkylation sites (tertiary alicyclic amines) is 1. The predicted octanol–water partition coefficient (Wildman–Crippen LogP) is 3.49. The Morgan fingerprint density at radius 1 is 1.07 bits per heavy atom. The van der Waals surface area contributed by atoms with Crippen LogP contribution in [0.3, 0.4) is 0 Å². The lowest BCUT2D eigenvalue weighted by Gasteiger charge is -2.27. The fraction of sp³-hybridized carbons (Fsp3) is 0.250. The van der Waals surface area contributed by atoms with Crippen molar-refractivity contribution in [3.8, 4) is 0 Å². The maximum absolute atomic E-state index is 13.0. The summed E-state index contributed by atoms with van der Waals surface area (Å²) in [5, 5.41) is 0.343. The van der Waals surface area contributed by atoms with E-state index in [2.05, 4.69) is 0 Å². The number of imide groups is 1. The Bertz CT molecular complexity index is 896. The van der Waals surface area contributed by atoms with Crippen LogP contribution in [0.5, 0.6) is 0 Å². The van der Waals surface area contributed by atoms with E-state index >= 15 is 0 Å². The molecule has 2 atom stereocenters. The van der Waals surface area contributed by atoms with E-state index in [0.29, 0.717) is 23.6 Å². The number of rotatable bonds is 4. The molecule has 138 valence electrons. The zero-order valence-corrected chi connectivity index (χ0v) is 15.1. The number of hydrogen-bond acceptors (Lipinski definition) is 4. The number of benzene rings is 1. The zero-order chi connectivity index (χ0) is 19.0. The van der Waals surface area contributed by atoms with Crippen LogP contribution in [0.15, 0.2) is 59.2 Å². The number of hydrogen-bond donors (Lipinski definition) is 0. The molecular formula is C20H17ClN2O4. The predicted molar refractivity (Wildman–Crippen MR) is 99.0 cm³/mol. The minimum absolute atomic E-state index is 0.105. The highest BCUT2D eigenvalue weighted by Gasteiger charge is 2.48. The average molecular weight is 385 g/mol. The van der Waals surface area contributed by atoms with Gasteiger partial charge in [0.05, 0.1) is 28.8 Å². The van der Waals surface area contributed by atoms with Gasteiger partial charge in [0.15, 0.2) is 5.76 Å². The lowest BCUT2D eigenvalue weighted by Crippen LogP contribution is -2.45. The molecule has 1 aromatic heterocycles. The fourth-order valence-corrected chi connectivity index (χ4v) is 3.84. The number of anilines is 1. The number of nitrogens with zero attached hydrogens (tertiary/aromatic N) is 2. The summed E-state index contributed by atoms with van der Waals surface area (Å²) in [5.41, 5.74) is 0.411. The number of carbonyl (C=O) groups is 3. The van der Waals surface area contributed by atoms with E-state index in [9.17, 15) is 14.4 Å². The molecule has 6 nitrogen and oxygen atoms in total. The van der Waals surface area contributed by atoms with Crippen LogP contribution >= 0.6 is 11.6 Å². The first-order valence-corrected chi connectivity index (χ1v) is 9.06. The number of fused-ring (bicyclic) bond motifs is 1. The molecule has 3 amide bonds. The molecule has 27 heavy (non-hydrogen) atoms. The third-order valence-corrected chi connectivity index (χ3v) is 5.32. The highest BCUT2D eigenvalue weighted by molar-refractivity contribution is 6.34. The van der Waals surface area contributed by atoms with Crippen molar-refractivity contribution in [2.45, 2.75) is 12.8 Å². The molecule has 0 radical (unpaired) electrons. The van der Waals surface area contributed by atoms with E-state index in [1.807, 2.05) is 12.2 Å². The van der Waals surface area contributed by atoms with Gasteiger partial charge in [-0.2, -0.15) is 0 Å². The van der Waals surface area contributed by atoms with Crippen LogP contribution in [0.2, 0.25) is 5.02 Å². The van der Waals surface area contributed by atoms with Crippen LogP contribution < -0.4 is 4.90 Å². The van der Waals surface area contributed by atoms with E-state index in [0.717, 1.165) is 4.90 Å². The van der Waals surface area contributed by atoms with E-state index < -0.39 is 5.91 Å². The molecule has 7 heteroatoms. The maximum Gasteiger partial charge on any atom is 0.295 e. The van der Waals surface area contributed by atoms with Gasteiger partial charge in [-0.3, -0.25) is 24.2 Å². The van der Waals surface area contributed by atoms with E-state index in [1.54, 1.807) is 30.3 Å². The third-order valence-electron chi connectivity index (χ3n) is 5.00. The second kappa shape index (κ2) is 7.04. The van der Waals surface area contributed by atoms with Crippen molar-refractivity contribution >= 4 is 35.0 Å². The Morgan fingerprint density at radius 3 is 2.33 bits per heavy atom. The summed E-state index contributed by atoms with van der Waals surface area (Å²) in [6, 6.07) is 9.93. The average Bonchev–Trinajstić information content (AvgIpc) is 3.30. The molecule has 1 aromatic carbocycles. The number of para-hydroxylation sites is 1. The van der Waals surface area contributed by atoms with Crippen molar-refractivity contribution in [3.63, 3.8) is 0 Å². The van der Waals surface area contributed by atoms with Crippen molar-refractivity contribution in [2.75, 3.05) is 11.6 Å². The molecular weight excluding hydrogens is 368 g/mol. The summed E-state index contributed by atoms with van der Waals surface area (Å²) in [4.78, 5) is 41.0. The zero-order valence-electron chi connectivity index (χ0n) is 14.4. The highest BCUT2D eigenvalue weighted by atomic mass is 35.5. The van der Waals surface area contributed by atoms with Crippen LogP contribution in [-0.4, -0.2) is 29.3 Å². The molecule has 2 aliphatic rings. The van der Waals surface area contributed by atoms with Crippen molar-refractivity contribution < 1.29 is 18.8 Å². The van der Waals surface area contributed by atoms with Gasteiger partial charge in [-0.15, -0.1) is 0 Å². The second-order valence-electron chi connectivity index (χ2n) is 6.56. The van der Waals surface area contributed by atoms with Crippen LogP contribution in [0.1, 0.15) is 23.4 Å². The van der Waals surface area contributed by atoms with Gasteiger partial charge in [-0.1, -0.05) is 35.9 Å². The summed E-state index contributed by atoms with van der Waals surface area (Å²) in [7, 11) is 0. The number of furan rings is 1. The van der Waals surface area contributed by atoms with Crippen LogP contribution in [0.4, 0.5) is 5.69 Å². The molecule has 1 fully saturated rings. The molecule has 2 aromatic rings.